The van der Waals surface area contributed by atoms with Crippen LogP contribution in [0.2, 0.25) is 0 Å². The van der Waals surface area contributed by atoms with Gasteiger partial charge in [0.2, 0.25) is 0 Å². The Morgan fingerprint density at radius 3 is 1.82 bits per heavy atom. The van der Waals surface area contributed by atoms with Gasteiger partial charge in [0.15, 0.2) is 6.10 Å². The fourth-order valence-corrected chi connectivity index (χ4v) is 4.31. The van der Waals surface area contributed by atoms with Crippen molar-refractivity contribution in [3.8, 4) is 0 Å². The van der Waals surface area contributed by atoms with Crippen LogP contribution in [-0.4, -0.2) is 40.6 Å². The van der Waals surface area contributed by atoms with Gasteiger partial charge in [-0.2, -0.15) is 16.8 Å². The van der Waals surface area contributed by atoms with Crippen molar-refractivity contribution in [2.75, 3.05) is 6.61 Å². The minimum absolute atomic E-state index is 0.0238. The molecule has 0 aliphatic carbocycles. The molecule has 152 valence electrons. The van der Waals surface area contributed by atoms with E-state index in [1.54, 1.807) is 24.3 Å². The SMILES string of the molecule is O=C(O)C(CCCCOS(=O)(=O)c1ccccc1)OS(=O)(=O)c1ccccc1. The minimum Gasteiger partial charge on any atom is -0.479 e. The highest BCUT2D eigenvalue weighted by Gasteiger charge is 2.26. The van der Waals surface area contributed by atoms with E-state index in [0.29, 0.717) is 0 Å². The van der Waals surface area contributed by atoms with Crippen LogP contribution in [0.15, 0.2) is 70.5 Å². The summed E-state index contributed by atoms with van der Waals surface area (Å²) < 4.78 is 57.9. The van der Waals surface area contributed by atoms with Crippen LogP contribution in [0.4, 0.5) is 0 Å². The zero-order valence-corrected chi connectivity index (χ0v) is 16.4. The molecule has 0 radical (unpaired) electrons. The van der Waals surface area contributed by atoms with E-state index in [1.807, 2.05) is 0 Å². The number of hydrogen-bond donors (Lipinski definition) is 1. The molecule has 10 heteroatoms. The van der Waals surface area contributed by atoms with Gasteiger partial charge >= 0.3 is 5.97 Å². The number of benzene rings is 2. The highest BCUT2D eigenvalue weighted by molar-refractivity contribution is 7.87. The van der Waals surface area contributed by atoms with Crippen molar-refractivity contribution in [2.45, 2.75) is 35.2 Å². The minimum atomic E-state index is -4.21. The summed E-state index contributed by atoms with van der Waals surface area (Å²) in [6, 6.07) is 14.8. The maximum atomic E-state index is 12.1. The summed E-state index contributed by atoms with van der Waals surface area (Å²) in [4.78, 5) is 11.2. The van der Waals surface area contributed by atoms with Gasteiger partial charge in [0.05, 0.1) is 16.4 Å². The molecule has 1 N–H and O–H groups in total. The number of carbonyl (C=O) groups is 1. The molecular weight excluding hydrogens is 408 g/mol. The molecule has 0 aliphatic rings. The van der Waals surface area contributed by atoms with Gasteiger partial charge in [-0.25, -0.2) is 4.79 Å². The van der Waals surface area contributed by atoms with E-state index >= 15 is 0 Å². The lowest BCUT2D eigenvalue weighted by Gasteiger charge is -2.13. The van der Waals surface area contributed by atoms with Crippen LogP contribution in [0.5, 0.6) is 0 Å². The molecule has 2 aromatic rings. The number of carboxylic acids is 1. The number of rotatable bonds is 11. The fraction of sp³-hybridized carbons (Fsp3) is 0.278. The van der Waals surface area contributed by atoms with Crippen LogP contribution in [0.25, 0.3) is 0 Å². The third-order valence-corrected chi connectivity index (χ3v) is 6.34. The van der Waals surface area contributed by atoms with Crippen molar-refractivity contribution in [1.82, 2.24) is 0 Å². The first kappa shape index (κ1) is 22.0. The fourth-order valence-electron chi connectivity index (χ4n) is 2.26. The lowest BCUT2D eigenvalue weighted by Crippen LogP contribution is -2.27. The summed E-state index contributed by atoms with van der Waals surface area (Å²) in [5, 5.41) is 9.20. The van der Waals surface area contributed by atoms with E-state index in [9.17, 15) is 26.7 Å². The number of unbranched alkanes of at least 4 members (excludes halogenated alkanes) is 1. The Balaban J connectivity index is 1.85. The molecule has 0 amide bonds. The summed E-state index contributed by atoms with van der Waals surface area (Å²) in [5.74, 6) is -1.42. The van der Waals surface area contributed by atoms with Gasteiger partial charge in [-0.05, 0) is 43.5 Å². The van der Waals surface area contributed by atoms with Crippen LogP contribution < -0.4 is 0 Å². The second-order valence-electron chi connectivity index (χ2n) is 5.78. The molecule has 0 fully saturated rings. The molecule has 0 aliphatic heterocycles. The van der Waals surface area contributed by atoms with Gasteiger partial charge in [0, 0.05) is 0 Å². The van der Waals surface area contributed by atoms with Crippen molar-refractivity contribution in [3.63, 3.8) is 0 Å². The van der Waals surface area contributed by atoms with Gasteiger partial charge in [-0.3, -0.25) is 8.37 Å². The summed E-state index contributed by atoms with van der Waals surface area (Å²) >= 11 is 0. The van der Waals surface area contributed by atoms with E-state index in [0.717, 1.165) is 0 Å². The molecule has 2 rings (SSSR count). The topological polar surface area (TPSA) is 124 Å². The van der Waals surface area contributed by atoms with E-state index in [-0.39, 0.29) is 35.7 Å². The van der Waals surface area contributed by atoms with Crippen LogP contribution in [0.1, 0.15) is 19.3 Å². The van der Waals surface area contributed by atoms with E-state index in [4.69, 9.17) is 8.37 Å². The van der Waals surface area contributed by atoms with E-state index < -0.39 is 32.3 Å². The highest BCUT2D eigenvalue weighted by atomic mass is 32.2. The third kappa shape index (κ3) is 6.41. The molecule has 0 bridgehead atoms. The highest BCUT2D eigenvalue weighted by Crippen LogP contribution is 2.17. The summed E-state index contributed by atoms with van der Waals surface area (Å²) in [7, 11) is -8.10. The smallest absolute Gasteiger partial charge is 0.334 e. The third-order valence-electron chi connectivity index (χ3n) is 3.68. The predicted octanol–water partition coefficient (Wildman–Crippen LogP) is 2.42. The largest absolute Gasteiger partial charge is 0.479 e. The maximum absolute atomic E-state index is 12.1. The summed E-state index contributed by atoms with van der Waals surface area (Å²) in [6.07, 6.45) is -1.28. The molecule has 0 saturated carbocycles. The van der Waals surface area contributed by atoms with Crippen LogP contribution >= 0.6 is 0 Å². The van der Waals surface area contributed by atoms with Crippen LogP contribution in [0, 0.1) is 0 Å². The maximum Gasteiger partial charge on any atom is 0.334 e. The first-order valence-electron chi connectivity index (χ1n) is 8.38. The van der Waals surface area contributed by atoms with Gasteiger partial charge in [-0.1, -0.05) is 36.4 Å². The van der Waals surface area contributed by atoms with Crippen molar-refractivity contribution in [3.05, 3.63) is 60.7 Å². The molecule has 1 unspecified atom stereocenters. The molecule has 0 heterocycles. The van der Waals surface area contributed by atoms with Crippen LogP contribution in [-0.2, 0) is 33.4 Å². The van der Waals surface area contributed by atoms with Crippen LogP contribution in [0.3, 0.4) is 0 Å². The number of carboxylic acid groups (broad SMARTS) is 1. The Labute approximate surface area is 164 Å². The first-order chi connectivity index (χ1) is 13.2. The van der Waals surface area contributed by atoms with Gasteiger partial charge in [-0.15, -0.1) is 0 Å². The molecule has 0 aromatic heterocycles. The second-order valence-corrected chi connectivity index (χ2v) is 8.96. The predicted molar refractivity (Wildman–Crippen MR) is 99.6 cm³/mol. The Kier molecular flexibility index (Phi) is 7.69. The molecule has 2 aromatic carbocycles. The molecule has 1 atom stereocenters. The summed E-state index contributed by atoms with van der Waals surface area (Å²) in [5.41, 5.74) is 0. The molecule has 0 saturated heterocycles. The zero-order valence-electron chi connectivity index (χ0n) is 14.8. The summed E-state index contributed by atoms with van der Waals surface area (Å²) in [6.45, 7) is -0.158. The Hall–Kier alpha value is -2.27. The molecule has 28 heavy (non-hydrogen) atoms. The average Bonchev–Trinajstić information content (AvgIpc) is 2.68. The van der Waals surface area contributed by atoms with Crippen molar-refractivity contribution < 1.29 is 35.1 Å². The average molecular weight is 428 g/mol. The van der Waals surface area contributed by atoms with Gasteiger partial charge < -0.3 is 5.11 Å². The lowest BCUT2D eigenvalue weighted by atomic mass is 10.1. The van der Waals surface area contributed by atoms with E-state index in [2.05, 4.69) is 0 Å². The molecule has 8 nitrogen and oxygen atoms in total. The molecule has 0 spiro atoms. The van der Waals surface area contributed by atoms with Crippen molar-refractivity contribution in [2.24, 2.45) is 0 Å². The van der Waals surface area contributed by atoms with Gasteiger partial charge in [0.25, 0.3) is 20.2 Å². The quantitative estimate of drug-likeness (QED) is 0.427. The zero-order chi connectivity index (χ0) is 20.6. The second kappa shape index (κ2) is 9.78. The lowest BCUT2D eigenvalue weighted by molar-refractivity contribution is -0.145. The Bertz CT molecular complexity index is 971. The van der Waals surface area contributed by atoms with Gasteiger partial charge in [0.1, 0.15) is 0 Å². The monoisotopic (exact) mass is 428 g/mol. The first-order valence-corrected chi connectivity index (χ1v) is 11.2. The van der Waals surface area contributed by atoms with E-state index in [1.165, 1.54) is 36.4 Å². The molecular formula is C18H20O8S2. The standard InChI is InChI=1S/C18H20O8S2/c19-18(20)17(26-28(23,24)16-11-5-2-6-12-16)13-7-8-14-25-27(21,22)15-9-3-1-4-10-15/h1-6,9-12,17H,7-8,13-14H2,(H,19,20). The Morgan fingerprint density at radius 1 is 0.821 bits per heavy atom. The van der Waals surface area contributed by atoms with Crippen molar-refractivity contribution >= 4 is 26.2 Å². The van der Waals surface area contributed by atoms with Crippen molar-refractivity contribution in [1.29, 1.82) is 0 Å². The Morgan fingerprint density at radius 2 is 1.32 bits per heavy atom. The number of hydrogen-bond acceptors (Lipinski definition) is 7. The normalized spacial score (nSPS) is 13.1. The number of aliphatic carboxylic acids is 1.